The summed E-state index contributed by atoms with van der Waals surface area (Å²) < 4.78 is 0. The predicted molar refractivity (Wildman–Crippen MR) is 136 cm³/mol. The van der Waals surface area contributed by atoms with Crippen LogP contribution in [-0.2, 0) is 19.3 Å². The van der Waals surface area contributed by atoms with Crippen LogP contribution in [0.15, 0.2) is 66.7 Å². The van der Waals surface area contributed by atoms with E-state index < -0.39 is 4.87 Å². The molecule has 2 heterocycles. The summed E-state index contributed by atoms with van der Waals surface area (Å²) in [6.45, 7) is 5.84. The largest absolute Gasteiger partial charge is 0.325 e. The lowest BCUT2D eigenvalue weighted by Crippen LogP contribution is -2.50. The molecule has 1 N–H and O–H groups in total. The van der Waals surface area contributed by atoms with E-state index in [1.807, 2.05) is 87.5 Å². The number of fused-ring (bicyclic) bond motifs is 2. The Morgan fingerprint density at radius 2 is 1.71 bits per heavy atom. The van der Waals surface area contributed by atoms with Crippen LogP contribution in [-0.4, -0.2) is 30.0 Å². The van der Waals surface area contributed by atoms with Gasteiger partial charge in [0.25, 0.3) is 5.91 Å². The van der Waals surface area contributed by atoms with Crippen LogP contribution in [0.2, 0.25) is 0 Å². The molecule has 2 aliphatic heterocycles. The summed E-state index contributed by atoms with van der Waals surface area (Å²) in [7, 11) is 0. The number of aryl methyl sites for hydroxylation is 3. The smallest absolute Gasteiger partial charge is 0.269 e. The average molecular weight is 472 g/mol. The SMILES string of the molecule is Cc1ccc(N2C(=O)CSC23C(=O)N(CC(=O)Nc2ccc(C)c(C)c2)c2ccccc23)cc1. The Labute approximate surface area is 202 Å². The van der Waals surface area contributed by atoms with Crippen LogP contribution in [0.25, 0.3) is 0 Å². The minimum absolute atomic E-state index is 0.126. The molecule has 3 amide bonds. The molecular formula is C27H25N3O3S. The average Bonchev–Trinajstić information content (AvgIpc) is 3.28. The molecule has 1 unspecified atom stereocenters. The van der Waals surface area contributed by atoms with E-state index in [0.717, 1.165) is 22.3 Å². The highest BCUT2D eigenvalue weighted by Gasteiger charge is 2.61. The van der Waals surface area contributed by atoms with Crippen LogP contribution in [0.1, 0.15) is 22.3 Å². The number of carbonyl (C=O) groups is 3. The van der Waals surface area contributed by atoms with Gasteiger partial charge in [-0.2, -0.15) is 0 Å². The summed E-state index contributed by atoms with van der Waals surface area (Å²) >= 11 is 1.31. The first kappa shape index (κ1) is 22.2. The topological polar surface area (TPSA) is 69.7 Å². The molecule has 1 saturated heterocycles. The summed E-state index contributed by atoms with van der Waals surface area (Å²) in [5.74, 6) is -0.505. The van der Waals surface area contributed by atoms with Crippen LogP contribution in [0.4, 0.5) is 17.1 Å². The third-order valence-corrected chi connectivity index (χ3v) is 7.83. The zero-order valence-electron chi connectivity index (χ0n) is 19.3. The van der Waals surface area contributed by atoms with Gasteiger partial charge in [0.1, 0.15) is 6.54 Å². The van der Waals surface area contributed by atoms with Crippen LogP contribution in [0.5, 0.6) is 0 Å². The van der Waals surface area contributed by atoms with Gasteiger partial charge in [-0.25, -0.2) is 0 Å². The number of thioether (sulfide) groups is 1. The molecule has 0 saturated carbocycles. The number of nitrogens with zero attached hydrogens (tertiary/aromatic N) is 2. The lowest BCUT2D eigenvalue weighted by Gasteiger charge is -2.33. The summed E-state index contributed by atoms with van der Waals surface area (Å²) in [5.41, 5.74) is 6.04. The van der Waals surface area contributed by atoms with Gasteiger partial charge in [0, 0.05) is 16.9 Å². The van der Waals surface area contributed by atoms with Gasteiger partial charge in [0.2, 0.25) is 16.7 Å². The maximum Gasteiger partial charge on any atom is 0.269 e. The van der Waals surface area contributed by atoms with E-state index in [1.165, 1.54) is 16.7 Å². The second-order valence-electron chi connectivity index (χ2n) is 8.75. The van der Waals surface area contributed by atoms with Gasteiger partial charge >= 0.3 is 0 Å². The zero-order valence-corrected chi connectivity index (χ0v) is 20.1. The Kier molecular flexibility index (Phi) is 5.44. The molecule has 5 rings (SSSR count). The van der Waals surface area contributed by atoms with Crippen molar-refractivity contribution in [2.45, 2.75) is 25.6 Å². The third kappa shape index (κ3) is 3.47. The fourth-order valence-electron chi connectivity index (χ4n) is 4.57. The van der Waals surface area contributed by atoms with Crippen molar-refractivity contribution in [2.24, 2.45) is 0 Å². The number of carbonyl (C=O) groups excluding carboxylic acids is 3. The van der Waals surface area contributed by atoms with Crippen LogP contribution < -0.4 is 15.1 Å². The molecule has 1 atom stereocenters. The number of anilines is 3. The third-order valence-electron chi connectivity index (χ3n) is 6.45. The molecule has 0 radical (unpaired) electrons. The Morgan fingerprint density at radius 1 is 0.971 bits per heavy atom. The second kappa shape index (κ2) is 8.33. The Bertz CT molecular complexity index is 1320. The molecule has 0 aromatic heterocycles. The van der Waals surface area contributed by atoms with E-state index in [0.29, 0.717) is 17.1 Å². The quantitative estimate of drug-likeness (QED) is 0.607. The number of benzene rings is 3. The van der Waals surface area contributed by atoms with Gasteiger partial charge in [-0.3, -0.25) is 24.2 Å². The zero-order chi connectivity index (χ0) is 24.0. The lowest BCUT2D eigenvalue weighted by atomic mass is 10.0. The minimum atomic E-state index is -1.22. The lowest BCUT2D eigenvalue weighted by molar-refractivity contribution is -0.124. The number of para-hydroxylation sites is 1. The molecule has 3 aromatic carbocycles. The van der Waals surface area contributed by atoms with E-state index in [9.17, 15) is 14.4 Å². The molecule has 7 heteroatoms. The summed E-state index contributed by atoms with van der Waals surface area (Å²) in [4.78, 5) is 41.9. The molecular weight excluding hydrogens is 446 g/mol. The molecule has 0 bridgehead atoms. The van der Waals surface area contributed by atoms with E-state index in [2.05, 4.69) is 5.32 Å². The fourth-order valence-corrected chi connectivity index (χ4v) is 5.93. The Hall–Kier alpha value is -3.58. The first-order valence-corrected chi connectivity index (χ1v) is 12.1. The molecule has 1 fully saturated rings. The highest BCUT2D eigenvalue weighted by Crippen LogP contribution is 2.55. The van der Waals surface area contributed by atoms with Crippen LogP contribution >= 0.6 is 11.8 Å². The number of hydrogen-bond acceptors (Lipinski definition) is 4. The van der Waals surface area contributed by atoms with E-state index in [1.54, 1.807) is 4.90 Å². The predicted octanol–water partition coefficient (Wildman–Crippen LogP) is 4.53. The van der Waals surface area contributed by atoms with E-state index >= 15 is 0 Å². The van der Waals surface area contributed by atoms with Gasteiger partial charge in [-0.15, -0.1) is 11.8 Å². The molecule has 6 nitrogen and oxygen atoms in total. The minimum Gasteiger partial charge on any atom is -0.325 e. The van der Waals surface area contributed by atoms with Crippen molar-refractivity contribution in [2.75, 3.05) is 27.4 Å². The highest BCUT2D eigenvalue weighted by atomic mass is 32.2. The van der Waals surface area contributed by atoms with Crippen molar-refractivity contribution in [1.29, 1.82) is 0 Å². The Morgan fingerprint density at radius 3 is 2.44 bits per heavy atom. The van der Waals surface area contributed by atoms with Crippen molar-refractivity contribution in [3.63, 3.8) is 0 Å². The maximum absolute atomic E-state index is 14.0. The first-order valence-electron chi connectivity index (χ1n) is 11.1. The van der Waals surface area contributed by atoms with Crippen molar-refractivity contribution in [1.82, 2.24) is 0 Å². The normalized spacial score (nSPS) is 19.1. The van der Waals surface area contributed by atoms with Crippen molar-refractivity contribution in [3.05, 3.63) is 89.0 Å². The molecule has 2 aliphatic rings. The van der Waals surface area contributed by atoms with Gasteiger partial charge < -0.3 is 5.32 Å². The number of hydrogen-bond donors (Lipinski definition) is 1. The Balaban J connectivity index is 1.50. The van der Waals surface area contributed by atoms with E-state index in [4.69, 9.17) is 0 Å². The second-order valence-corrected chi connectivity index (χ2v) is 9.92. The van der Waals surface area contributed by atoms with Crippen molar-refractivity contribution < 1.29 is 14.4 Å². The van der Waals surface area contributed by atoms with Gasteiger partial charge in [-0.05, 0) is 62.2 Å². The monoisotopic (exact) mass is 471 g/mol. The first-order chi connectivity index (χ1) is 16.3. The molecule has 3 aromatic rings. The van der Waals surface area contributed by atoms with Gasteiger partial charge in [0.05, 0.1) is 11.4 Å². The van der Waals surface area contributed by atoms with Crippen LogP contribution in [0, 0.1) is 20.8 Å². The summed E-state index contributed by atoms with van der Waals surface area (Å²) in [6, 6.07) is 20.7. The van der Waals surface area contributed by atoms with E-state index in [-0.39, 0.29) is 30.0 Å². The fraction of sp³-hybridized carbons (Fsp3) is 0.222. The molecule has 34 heavy (non-hydrogen) atoms. The summed E-state index contributed by atoms with van der Waals surface area (Å²) in [5, 5.41) is 2.90. The van der Waals surface area contributed by atoms with Crippen molar-refractivity contribution in [3.8, 4) is 0 Å². The van der Waals surface area contributed by atoms with Gasteiger partial charge in [0.15, 0.2) is 0 Å². The number of nitrogens with one attached hydrogen (secondary N) is 1. The number of amides is 3. The highest BCUT2D eigenvalue weighted by molar-refractivity contribution is 8.02. The molecule has 172 valence electrons. The summed E-state index contributed by atoms with van der Waals surface area (Å²) in [6.07, 6.45) is 0. The van der Waals surface area contributed by atoms with Crippen molar-refractivity contribution >= 4 is 46.5 Å². The van der Waals surface area contributed by atoms with Crippen LogP contribution in [0.3, 0.4) is 0 Å². The van der Waals surface area contributed by atoms with Gasteiger partial charge in [-0.1, -0.05) is 42.0 Å². The standard InChI is InChI=1S/C27H25N3O3S/c1-17-8-12-21(13-9-17)30-25(32)16-34-27(30)22-6-4-5-7-23(22)29(26(27)33)15-24(31)28-20-11-10-18(2)19(3)14-20/h4-14H,15-16H2,1-3H3,(H,28,31). The maximum atomic E-state index is 14.0. The number of rotatable bonds is 4. The molecule has 0 aliphatic carbocycles. The molecule has 1 spiro atoms.